The molecule has 2 aromatic carbocycles. The SMILES string of the molecule is CC(=O)NCCc1ccc(Cl)c(CN(C(=O)[C@@H]2CN(C(=O)O)CC[C@H]2c2ccc(N3CC[C@@H](Oc4c(Cl)cc(C)cc4Cl)C3)nc2)C2CC2)c1. The summed E-state index contributed by atoms with van der Waals surface area (Å²) in [6.07, 6.45) is 4.43. The first-order valence-electron chi connectivity index (χ1n) is 17.1. The third-order valence-corrected chi connectivity index (χ3v) is 10.7. The molecular weight excluding hydrogens is 701 g/mol. The minimum Gasteiger partial charge on any atom is -0.485 e. The van der Waals surface area contributed by atoms with Crippen LogP contribution in [0.4, 0.5) is 10.6 Å². The van der Waals surface area contributed by atoms with Gasteiger partial charge in [-0.2, -0.15) is 0 Å². The lowest BCUT2D eigenvalue weighted by atomic mass is 9.80. The van der Waals surface area contributed by atoms with Crippen LogP contribution in [0.2, 0.25) is 15.1 Å². The molecule has 13 heteroatoms. The summed E-state index contributed by atoms with van der Waals surface area (Å²) in [4.78, 5) is 48.1. The highest BCUT2D eigenvalue weighted by Crippen LogP contribution is 2.39. The van der Waals surface area contributed by atoms with Crippen molar-refractivity contribution in [2.24, 2.45) is 5.92 Å². The molecule has 0 radical (unpaired) electrons. The maximum atomic E-state index is 14.5. The number of hydrogen-bond donors (Lipinski definition) is 2. The molecule has 2 N–H and O–H groups in total. The highest BCUT2D eigenvalue weighted by Gasteiger charge is 2.43. The molecule has 1 aliphatic carbocycles. The Hall–Kier alpha value is -3.73. The van der Waals surface area contributed by atoms with Crippen LogP contribution in [0.15, 0.2) is 48.7 Å². The van der Waals surface area contributed by atoms with Gasteiger partial charge in [-0.15, -0.1) is 0 Å². The Labute approximate surface area is 307 Å². The van der Waals surface area contributed by atoms with Crippen LogP contribution in [0.3, 0.4) is 0 Å². The summed E-state index contributed by atoms with van der Waals surface area (Å²) >= 11 is 19.5. The fourth-order valence-electron chi connectivity index (χ4n) is 7.03. The number of ether oxygens (including phenoxy) is 1. The second kappa shape index (κ2) is 15.7. The first-order valence-corrected chi connectivity index (χ1v) is 18.2. The maximum absolute atomic E-state index is 14.5. The van der Waals surface area contributed by atoms with Gasteiger partial charge in [-0.1, -0.05) is 53.0 Å². The van der Waals surface area contributed by atoms with Gasteiger partial charge < -0.3 is 29.9 Å². The highest BCUT2D eigenvalue weighted by atomic mass is 35.5. The summed E-state index contributed by atoms with van der Waals surface area (Å²) in [6, 6.07) is 13.5. The van der Waals surface area contributed by atoms with Gasteiger partial charge in [-0.25, -0.2) is 9.78 Å². The molecule has 3 atom stereocenters. The zero-order valence-electron chi connectivity index (χ0n) is 28.2. The number of amides is 3. The number of nitrogens with zero attached hydrogens (tertiary/aromatic N) is 4. The van der Waals surface area contributed by atoms with E-state index in [4.69, 9.17) is 44.5 Å². The van der Waals surface area contributed by atoms with Crippen molar-refractivity contribution in [3.05, 3.63) is 86.0 Å². The Morgan fingerprint density at radius 1 is 0.980 bits per heavy atom. The van der Waals surface area contributed by atoms with Gasteiger partial charge in [-0.3, -0.25) is 9.59 Å². The number of carboxylic acid groups (broad SMARTS) is 1. The largest absolute Gasteiger partial charge is 0.485 e. The van der Waals surface area contributed by atoms with Crippen LogP contribution in [0.5, 0.6) is 5.75 Å². The second-order valence-corrected chi connectivity index (χ2v) is 14.8. The Bertz CT molecular complexity index is 1710. The third-order valence-electron chi connectivity index (χ3n) is 9.80. The van der Waals surface area contributed by atoms with Gasteiger partial charge in [0, 0.05) is 69.2 Å². The lowest BCUT2D eigenvalue weighted by molar-refractivity contribution is -0.139. The van der Waals surface area contributed by atoms with Gasteiger partial charge in [0.25, 0.3) is 0 Å². The van der Waals surface area contributed by atoms with Crippen molar-refractivity contribution in [2.45, 2.75) is 70.6 Å². The fourth-order valence-corrected chi connectivity index (χ4v) is 7.90. The Kier molecular flexibility index (Phi) is 11.3. The molecule has 3 fully saturated rings. The van der Waals surface area contributed by atoms with E-state index in [9.17, 15) is 19.5 Å². The number of carbonyl (C=O) groups excluding carboxylic acids is 2. The number of likely N-dealkylation sites (tertiary alicyclic amines) is 1. The lowest BCUT2D eigenvalue weighted by Gasteiger charge is -2.39. The molecule has 3 heterocycles. The molecule has 10 nitrogen and oxygen atoms in total. The molecule has 3 aromatic rings. The smallest absolute Gasteiger partial charge is 0.407 e. The average Bonchev–Trinajstić information content (AvgIpc) is 3.82. The summed E-state index contributed by atoms with van der Waals surface area (Å²) in [6.45, 7) is 6.09. The van der Waals surface area contributed by atoms with E-state index in [0.717, 1.165) is 53.9 Å². The molecule has 50 heavy (non-hydrogen) atoms. The summed E-state index contributed by atoms with van der Waals surface area (Å²) in [7, 11) is 0. The van der Waals surface area contributed by atoms with Crippen LogP contribution in [0.25, 0.3) is 0 Å². The molecule has 2 aliphatic heterocycles. The van der Waals surface area contributed by atoms with Crippen molar-refractivity contribution in [1.82, 2.24) is 20.1 Å². The zero-order valence-corrected chi connectivity index (χ0v) is 30.5. The summed E-state index contributed by atoms with van der Waals surface area (Å²) in [5.74, 6) is 0.384. The van der Waals surface area contributed by atoms with Crippen molar-refractivity contribution >= 4 is 58.5 Å². The summed E-state index contributed by atoms with van der Waals surface area (Å²) in [5, 5.41) is 14.3. The summed E-state index contributed by atoms with van der Waals surface area (Å²) in [5.41, 5.74) is 3.73. The molecule has 0 spiro atoms. The Morgan fingerprint density at radius 2 is 1.74 bits per heavy atom. The number of rotatable bonds is 11. The van der Waals surface area contributed by atoms with Crippen molar-refractivity contribution in [3.8, 4) is 5.75 Å². The third kappa shape index (κ3) is 8.58. The molecule has 0 unspecified atom stereocenters. The van der Waals surface area contributed by atoms with Crippen molar-refractivity contribution in [3.63, 3.8) is 0 Å². The number of anilines is 1. The van der Waals surface area contributed by atoms with E-state index in [0.29, 0.717) is 59.8 Å². The maximum Gasteiger partial charge on any atom is 0.407 e. The van der Waals surface area contributed by atoms with Gasteiger partial charge >= 0.3 is 6.09 Å². The Balaban J connectivity index is 1.17. The van der Waals surface area contributed by atoms with E-state index < -0.39 is 12.0 Å². The number of aromatic nitrogens is 1. The van der Waals surface area contributed by atoms with Crippen LogP contribution in [0, 0.1) is 12.8 Å². The van der Waals surface area contributed by atoms with Gasteiger partial charge in [0.05, 0.1) is 22.5 Å². The highest BCUT2D eigenvalue weighted by molar-refractivity contribution is 6.37. The minimum absolute atomic E-state index is 0.0693. The predicted octanol–water partition coefficient (Wildman–Crippen LogP) is 6.96. The number of halogens is 3. The van der Waals surface area contributed by atoms with E-state index in [-0.39, 0.29) is 36.4 Å². The second-order valence-electron chi connectivity index (χ2n) is 13.6. The van der Waals surface area contributed by atoms with E-state index in [1.165, 1.54) is 11.8 Å². The first-order chi connectivity index (χ1) is 24.0. The van der Waals surface area contributed by atoms with Gasteiger partial charge in [0.1, 0.15) is 11.9 Å². The van der Waals surface area contributed by atoms with Crippen molar-refractivity contribution < 1.29 is 24.2 Å². The predicted molar refractivity (Wildman–Crippen MR) is 195 cm³/mol. The molecule has 2 saturated heterocycles. The topological polar surface area (TPSA) is 115 Å². The number of nitrogens with one attached hydrogen (secondary N) is 1. The quantitative estimate of drug-likeness (QED) is 0.218. The number of hydrogen-bond acceptors (Lipinski definition) is 6. The molecule has 3 amide bonds. The van der Waals surface area contributed by atoms with E-state index in [2.05, 4.69) is 10.2 Å². The minimum atomic E-state index is -1.03. The number of pyridine rings is 1. The summed E-state index contributed by atoms with van der Waals surface area (Å²) < 4.78 is 6.21. The van der Waals surface area contributed by atoms with E-state index in [1.54, 1.807) is 0 Å². The molecule has 1 aromatic heterocycles. The van der Waals surface area contributed by atoms with Crippen LogP contribution in [-0.2, 0) is 22.6 Å². The number of aryl methyl sites for hydroxylation is 1. The fraction of sp³-hybridized carbons (Fsp3) is 0.459. The molecule has 266 valence electrons. The molecule has 0 bridgehead atoms. The Morgan fingerprint density at radius 3 is 2.40 bits per heavy atom. The van der Waals surface area contributed by atoms with Crippen LogP contribution in [-0.4, -0.2) is 82.7 Å². The van der Waals surface area contributed by atoms with Crippen LogP contribution < -0.4 is 15.0 Å². The van der Waals surface area contributed by atoms with Gasteiger partial charge in [0.15, 0.2) is 5.75 Å². The molecule has 1 saturated carbocycles. The van der Waals surface area contributed by atoms with E-state index >= 15 is 0 Å². The van der Waals surface area contributed by atoms with Crippen LogP contribution in [0.1, 0.15) is 60.8 Å². The normalized spacial score (nSPS) is 20.5. The van der Waals surface area contributed by atoms with Crippen LogP contribution >= 0.6 is 34.8 Å². The first kappa shape index (κ1) is 36.1. The number of benzene rings is 2. The average molecular weight is 743 g/mol. The van der Waals surface area contributed by atoms with E-state index in [1.807, 2.05) is 60.5 Å². The monoisotopic (exact) mass is 741 g/mol. The molecule has 3 aliphatic rings. The number of carbonyl (C=O) groups is 3. The van der Waals surface area contributed by atoms with Gasteiger partial charge in [-0.05, 0) is 79.1 Å². The molecule has 6 rings (SSSR count). The number of piperidine rings is 1. The van der Waals surface area contributed by atoms with Gasteiger partial charge in [0.2, 0.25) is 11.8 Å². The standard InChI is InChI=1S/C37H42Cl3N5O5/c1-22-15-32(39)35(33(40)16-22)50-28-10-13-43(20-28)34-8-4-25(18-42-34)29-11-14-44(37(48)49)21-30(29)36(47)45(27-5-6-27)19-26-17-24(3-7-31(26)38)9-12-41-23(2)46/h3-4,7-8,15-18,27-30H,5-6,9-14,19-21H2,1-2H3,(H,41,46)(H,48,49)/t28-,29+,30-/m1/s1. The van der Waals surface area contributed by atoms with Crippen molar-refractivity contribution in [1.29, 1.82) is 0 Å². The lowest BCUT2D eigenvalue weighted by Crippen LogP contribution is -2.49. The molecular formula is C37H42Cl3N5O5. The van der Waals surface area contributed by atoms with Crippen molar-refractivity contribution in [2.75, 3.05) is 37.6 Å². The zero-order chi connectivity index (χ0) is 35.5.